The molecule has 0 spiro atoms. The first-order valence-electron chi connectivity index (χ1n) is 6.73. The van der Waals surface area contributed by atoms with E-state index >= 15 is 0 Å². The van der Waals surface area contributed by atoms with Crippen LogP contribution in [0.25, 0.3) is 0 Å². The van der Waals surface area contributed by atoms with Crippen molar-refractivity contribution in [1.29, 1.82) is 0 Å². The van der Waals surface area contributed by atoms with Gasteiger partial charge >= 0.3 is 0 Å². The Kier molecular flexibility index (Phi) is 4.45. The molecule has 0 aliphatic heterocycles. The number of hydrogen-bond acceptors (Lipinski definition) is 2. The van der Waals surface area contributed by atoms with Crippen molar-refractivity contribution < 1.29 is 5.11 Å². The van der Waals surface area contributed by atoms with Gasteiger partial charge in [-0.3, -0.25) is 0 Å². The van der Waals surface area contributed by atoms with Crippen LogP contribution in [0, 0.1) is 11.8 Å². The van der Waals surface area contributed by atoms with Crippen LogP contribution in [0.4, 0.5) is 0 Å². The van der Waals surface area contributed by atoms with Crippen molar-refractivity contribution in [2.24, 2.45) is 11.8 Å². The van der Waals surface area contributed by atoms with Gasteiger partial charge in [0.05, 0.1) is 6.10 Å². The third kappa shape index (κ3) is 4.52. The van der Waals surface area contributed by atoms with Gasteiger partial charge in [-0.1, -0.05) is 32.1 Å². The van der Waals surface area contributed by atoms with Crippen molar-refractivity contribution in [3.63, 3.8) is 0 Å². The van der Waals surface area contributed by atoms with Crippen molar-refractivity contribution in [3.05, 3.63) is 0 Å². The topological polar surface area (TPSA) is 32.3 Å². The lowest BCUT2D eigenvalue weighted by atomic mass is 9.89. The molecule has 0 bridgehead atoms. The molecule has 0 heterocycles. The first-order valence-corrected chi connectivity index (χ1v) is 6.73. The zero-order valence-electron chi connectivity index (χ0n) is 9.75. The maximum absolute atomic E-state index is 9.73. The lowest BCUT2D eigenvalue weighted by Gasteiger charge is -2.22. The molecule has 0 aromatic rings. The highest BCUT2D eigenvalue weighted by Gasteiger charge is 2.24. The Morgan fingerprint density at radius 1 is 1.00 bits per heavy atom. The van der Waals surface area contributed by atoms with Gasteiger partial charge in [-0.05, 0) is 37.6 Å². The van der Waals surface area contributed by atoms with Gasteiger partial charge in [0, 0.05) is 6.54 Å². The van der Waals surface area contributed by atoms with Crippen molar-refractivity contribution in [1.82, 2.24) is 5.32 Å². The van der Waals surface area contributed by atoms with E-state index in [2.05, 4.69) is 5.32 Å². The lowest BCUT2D eigenvalue weighted by molar-refractivity contribution is 0.152. The Morgan fingerprint density at radius 2 is 1.73 bits per heavy atom. The summed E-state index contributed by atoms with van der Waals surface area (Å²) in [4.78, 5) is 0. The smallest absolute Gasteiger partial charge is 0.0667 e. The SMILES string of the molecule is O[C@H](CNCC1CCCCC1)CC1CC1. The Balaban J connectivity index is 1.49. The van der Waals surface area contributed by atoms with E-state index in [9.17, 15) is 5.11 Å². The predicted octanol–water partition coefficient (Wildman–Crippen LogP) is 2.32. The first kappa shape index (κ1) is 11.4. The average Bonchev–Trinajstić information content (AvgIpc) is 3.03. The Hall–Kier alpha value is -0.0800. The molecule has 0 aromatic heterocycles. The summed E-state index contributed by atoms with van der Waals surface area (Å²) in [6, 6.07) is 0. The minimum Gasteiger partial charge on any atom is -0.392 e. The van der Waals surface area contributed by atoms with E-state index in [1.165, 1.54) is 44.9 Å². The van der Waals surface area contributed by atoms with E-state index in [0.29, 0.717) is 0 Å². The van der Waals surface area contributed by atoms with Crippen LogP contribution < -0.4 is 5.32 Å². The third-order valence-corrected chi connectivity index (χ3v) is 3.84. The molecule has 2 aliphatic rings. The molecule has 2 N–H and O–H groups in total. The number of nitrogens with one attached hydrogen (secondary N) is 1. The van der Waals surface area contributed by atoms with Crippen LogP contribution >= 0.6 is 0 Å². The molecule has 2 aliphatic carbocycles. The van der Waals surface area contributed by atoms with Crippen LogP contribution in [0.3, 0.4) is 0 Å². The molecule has 0 radical (unpaired) electrons. The van der Waals surface area contributed by atoms with Gasteiger partial charge in [0.1, 0.15) is 0 Å². The van der Waals surface area contributed by atoms with Crippen LogP contribution in [-0.4, -0.2) is 24.3 Å². The summed E-state index contributed by atoms with van der Waals surface area (Å²) in [5.74, 6) is 1.73. The summed E-state index contributed by atoms with van der Waals surface area (Å²) in [6.07, 6.45) is 10.7. The summed E-state index contributed by atoms with van der Waals surface area (Å²) in [7, 11) is 0. The Labute approximate surface area is 93.5 Å². The molecule has 2 nitrogen and oxygen atoms in total. The molecule has 2 saturated carbocycles. The number of hydrogen-bond donors (Lipinski definition) is 2. The molecule has 15 heavy (non-hydrogen) atoms. The van der Waals surface area contributed by atoms with Crippen molar-refractivity contribution in [2.75, 3.05) is 13.1 Å². The second-order valence-electron chi connectivity index (χ2n) is 5.50. The number of aliphatic hydroxyl groups is 1. The van der Waals surface area contributed by atoms with Crippen LogP contribution in [0.15, 0.2) is 0 Å². The van der Waals surface area contributed by atoms with Crippen molar-refractivity contribution in [3.8, 4) is 0 Å². The zero-order valence-corrected chi connectivity index (χ0v) is 9.75. The van der Waals surface area contributed by atoms with Crippen molar-refractivity contribution in [2.45, 2.75) is 57.5 Å². The summed E-state index contributed by atoms with van der Waals surface area (Å²) in [5.41, 5.74) is 0. The summed E-state index contributed by atoms with van der Waals surface area (Å²) in [5, 5.41) is 13.2. The zero-order chi connectivity index (χ0) is 10.5. The maximum atomic E-state index is 9.73. The molecule has 0 amide bonds. The quantitative estimate of drug-likeness (QED) is 0.706. The second-order valence-corrected chi connectivity index (χ2v) is 5.50. The number of rotatable bonds is 6. The van der Waals surface area contributed by atoms with E-state index < -0.39 is 0 Å². The minimum atomic E-state index is -0.0962. The lowest BCUT2D eigenvalue weighted by Crippen LogP contribution is -2.31. The number of aliphatic hydroxyl groups excluding tert-OH is 1. The van der Waals surface area contributed by atoms with Gasteiger partial charge in [-0.15, -0.1) is 0 Å². The summed E-state index contributed by atoms with van der Waals surface area (Å²) in [6.45, 7) is 1.94. The van der Waals surface area contributed by atoms with Gasteiger partial charge in [0.2, 0.25) is 0 Å². The first-order chi connectivity index (χ1) is 7.34. The molecular weight excluding hydrogens is 186 g/mol. The molecule has 2 rings (SSSR count). The van der Waals surface area contributed by atoms with Gasteiger partial charge in [0.15, 0.2) is 0 Å². The van der Waals surface area contributed by atoms with Gasteiger partial charge in [0.25, 0.3) is 0 Å². The monoisotopic (exact) mass is 211 g/mol. The predicted molar refractivity (Wildman–Crippen MR) is 62.8 cm³/mol. The van der Waals surface area contributed by atoms with Gasteiger partial charge in [-0.25, -0.2) is 0 Å². The van der Waals surface area contributed by atoms with E-state index in [4.69, 9.17) is 0 Å². The van der Waals surface area contributed by atoms with Crippen LogP contribution in [0.5, 0.6) is 0 Å². The molecule has 1 atom stereocenters. The highest BCUT2D eigenvalue weighted by atomic mass is 16.3. The Morgan fingerprint density at radius 3 is 2.40 bits per heavy atom. The van der Waals surface area contributed by atoms with E-state index in [1.807, 2.05) is 0 Å². The third-order valence-electron chi connectivity index (χ3n) is 3.84. The molecule has 0 unspecified atom stereocenters. The largest absolute Gasteiger partial charge is 0.392 e. The van der Waals surface area contributed by atoms with Crippen molar-refractivity contribution >= 4 is 0 Å². The van der Waals surface area contributed by atoms with E-state index in [-0.39, 0.29) is 6.10 Å². The highest BCUT2D eigenvalue weighted by Crippen LogP contribution is 2.33. The molecule has 0 saturated heterocycles. The van der Waals surface area contributed by atoms with Gasteiger partial charge < -0.3 is 10.4 Å². The molecule has 2 fully saturated rings. The van der Waals surface area contributed by atoms with Gasteiger partial charge in [-0.2, -0.15) is 0 Å². The molecular formula is C13H25NO. The van der Waals surface area contributed by atoms with Crippen LogP contribution in [0.2, 0.25) is 0 Å². The minimum absolute atomic E-state index is 0.0962. The fourth-order valence-corrected chi connectivity index (χ4v) is 2.67. The van der Waals surface area contributed by atoms with Crippen LogP contribution in [-0.2, 0) is 0 Å². The second kappa shape index (κ2) is 5.86. The van der Waals surface area contributed by atoms with E-state index in [1.54, 1.807) is 0 Å². The summed E-state index contributed by atoms with van der Waals surface area (Å²) < 4.78 is 0. The fraction of sp³-hybridized carbons (Fsp3) is 1.00. The molecule has 88 valence electrons. The van der Waals surface area contributed by atoms with Crippen LogP contribution in [0.1, 0.15) is 51.4 Å². The molecule has 2 heteroatoms. The standard InChI is InChI=1S/C13H25NO/c15-13(8-11-6-7-11)10-14-9-12-4-2-1-3-5-12/h11-15H,1-10H2/t13-/m0/s1. The Bertz CT molecular complexity index is 173. The normalized spacial score (nSPS) is 25.4. The molecule has 0 aromatic carbocycles. The summed E-state index contributed by atoms with van der Waals surface area (Å²) >= 11 is 0. The maximum Gasteiger partial charge on any atom is 0.0667 e. The van der Waals surface area contributed by atoms with E-state index in [0.717, 1.165) is 31.3 Å². The average molecular weight is 211 g/mol. The fourth-order valence-electron chi connectivity index (χ4n) is 2.67. The highest BCUT2D eigenvalue weighted by molar-refractivity contribution is 4.77.